The first kappa shape index (κ1) is 29.8. The second kappa shape index (κ2) is 12.7. The van der Waals surface area contributed by atoms with E-state index in [0.717, 1.165) is 10.4 Å². The topological polar surface area (TPSA) is 113 Å². The van der Waals surface area contributed by atoms with Crippen LogP contribution in [0.5, 0.6) is 11.5 Å². The fraction of sp³-hybridized carbons (Fsp3) is 0.176. The van der Waals surface area contributed by atoms with E-state index >= 15 is 0 Å². The molecule has 11 heteroatoms. The average molecular weight is 627 g/mol. The summed E-state index contributed by atoms with van der Waals surface area (Å²) >= 11 is 1.24. The van der Waals surface area contributed by atoms with Gasteiger partial charge in [0.25, 0.3) is 5.91 Å². The summed E-state index contributed by atoms with van der Waals surface area (Å²) in [6.45, 7) is 3.27. The zero-order valence-electron chi connectivity index (χ0n) is 24.3. The summed E-state index contributed by atoms with van der Waals surface area (Å²) in [7, 11) is 0. The van der Waals surface area contributed by atoms with Gasteiger partial charge in [0.1, 0.15) is 10.8 Å². The standard InChI is InChI=1S/C34H27FN2O7S/c1-3-41-34(40)31-24(14-20-8-13-28-29(15-20)44-18-43-28)19(2)45-32(31)37-30(38)17-42-33(39)25-16-27(21-9-11-22(35)12-10-21)36-26-7-5-4-6-23(25)26/h4-13,15-16H,3,14,17-18H2,1-2H3,(H,37,38). The zero-order chi connectivity index (χ0) is 31.5. The molecule has 1 aliphatic rings. The van der Waals surface area contributed by atoms with Gasteiger partial charge in [-0.3, -0.25) is 4.79 Å². The van der Waals surface area contributed by atoms with E-state index in [4.69, 9.17) is 18.9 Å². The molecule has 5 aromatic rings. The van der Waals surface area contributed by atoms with Crippen LogP contribution in [0.4, 0.5) is 9.39 Å². The maximum atomic E-state index is 13.5. The minimum Gasteiger partial charge on any atom is -0.462 e. The average Bonchev–Trinajstić information content (AvgIpc) is 3.63. The number of ether oxygens (including phenoxy) is 4. The van der Waals surface area contributed by atoms with E-state index in [1.165, 1.54) is 23.5 Å². The van der Waals surface area contributed by atoms with Crippen molar-refractivity contribution in [1.29, 1.82) is 0 Å². The summed E-state index contributed by atoms with van der Waals surface area (Å²) < 4.78 is 35.1. The molecule has 6 rings (SSSR count). The number of fused-ring (bicyclic) bond motifs is 2. The number of aryl methyl sites for hydroxylation is 1. The number of thiophene rings is 1. The summed E-state index contributed by atoms with van der Waals surface area (Å²) in [5, 5.41) is 3.58. The van der Waals surface area contributed by atoms with Crippen molar-refractivity contribution < 1.29 is 37.7 Å². The van der Waals surface area contributed by atoms with Crippen molar-refractivity contribution in [2.75, 3.05) is 25.3 Å². The van der Waals surface area contributed by atoms with Crippen LogP contribution >= 0.6 is 11.3 Å². The number of pyridine rings is 1. The maximum absolute atomic E-state index is 13.5. The predicted octanol–water partition coefficient (Wildman–Crippen LogP) is 6.70. The van der Waals surface area contributed by atoms with Gasteiger partial charge in [-0.1, -0.05) is 24.3 Å². The van der Waals surface area contributed by atoms with E-state index in [2.05, 4.69) is 10.3 Å². The van der Waals surface area contributed by atoms with E-state index in [9.17, 15) is 18.8 Å². The second-order valence-corrected chi connectivity index (χ2v) is 11.4. The van der Waals surface area contributed by atoms with Gasteiger partial charge >= 0.3 is 11.9 Å². The van der Waals surface area contributed by atoms with Gasteiger partial charge in [-0.15, -0.1) is 11.3 Å². The van der Waals surface area contributed by atoms with E-state index < -0.39 is 30.3 Å². The van der Waals surface area contributed by atoms with Gasteiger partial charge in [-0.2, -0.15) is 0 Å². The highest BCUT2D eigenvalue weighted by molar-refractivity contribution is 7.16. The van der Waals surface area contributed by atoms with Crippen LogP contribution in [0, 0.1) is 12.7 Å². The first-order valence-electron chi connectivity index (χ1n) is 14.1. The Kier molecular flexibility index (Phi) is 8.43. The number of hydrogen-bond donors (Lipinski definition) is 1. The summed E-state index contributed by atoms with van der Waals surface area (Å²) in [6, 6.07) is 19.9. The highest BCUT2D eigenvalue weighted by Gasteiger charge is 2.26. The number of amides is 1. The summed E-state index contributed by atoms with van der Waals surface area (Å²) in [4.78, 5) is 44.8. The second-order valence-electron chi connectivity index (χ2n) is 10.1. The molecule has 1 N–H and O–H groups in total. The molecule has 3 heterocycles. The van der Waals surface area contributed by atoms with Gasteiger partial charge in [0, 0.05) is 15.8 Å². The van der Waals surface area contributed by atoms with E-state index in [1.807, 2.05) is 25.1 Å². The van der Waals surface area contributed by atoms with Crippen LogP contribution in [0.3, 0.4) is 0 Å². The Bertz CT molecular complexity index is 1940. The third kappa shape index (κ3) is 6.34. The van der Waals surface area contributed by atoms with Crippen LogP contribution < -0.4 is 14.8 Å². The van der Waals surface area contributed by atoms with Gasteiger partial charge < -0.3 is 24.3 Å². The highest BCUT2D eigenvalue weighted by atomic mass is 32.1. The maximum Gasteiger partial charge on any atom is 0.341 e. The molecule has 1 aliphatic heterocycles. The van der Waals surface area contributed by atoms with Crippen molar-refractivity contribution in [1.82, 2.24) is 4.98 Å². The third-order valence-corrected chi connectivity index (χ3v) is 8.23. The molecule has 0 aliphatic carbocycles. The molecule has 1 amide bonds. The molecule has 0 atom stereocenters. The molecule has 0 saturated carbocycles. The number of benzene rings is 3. The molecule has 45 heavy (non-hydrogen) atoms. The molecule has 2 aromatic heterocycles. The smallest absolute Gasteiger partial charge is 0.341 e. The zero-order valence-corrected chi connectivity index (χ0v) is 25.2. The minimum absolute atomic E-state index is 0.151. The van der Waals surface area contributed by atoms with Crippen molar-refractivity contribution in [2.45, 2.75) is 20.3 Å². The summed E-state index contributed by atoms with van der Waals surface area (Å²) in [5.41, 5.74) is 3.67. The van der Waals surface area contributed by atoms with Crippen molar-refractivity contribution in [3.63, 3.8) is 0 Å². The molecule has 9 nitrogen and oxygen atoms in total. The Labute approximate surface area is 261 Å². The van der Waals surface area contributed by atoms with Crippen LogP contribution in [-0.4, -0.2) is 42.8 Å². The predicted molar refractivity (Wildman–Crippen MR) is 166 cm³/mol. The monoisotopic (exact) mass is 626 g/mol. The van der Waals surface area contributed by atoms with Crippen molar-refractivity contribution in [3.8, 4) is 22.8 Å². The normalized spacial score (nSPS) is 11.8. The number of carbonyl (C=O) groups is 3. The number of esters is 2. The lowest BCUT2D eigenvalue weighted by atomic mass is 10.0. The molecule has 0 spiro atoms. The first-order valence-corrected chi connectivity index (χ1v) is 14.9. The highest BCUT2D eigenvalue weighted by Crippen LogP contribution is 2.38. The van der Waals surface area contributed by atoms with Crippen LogP contribution in [-0.2, 0) is 20.7 Å². The number of nitrogens with one attached hydrogen (secondary N) is 1. The molecule has 228 valence electrons. The van der Waals surface area contributed by atoms with E-state index in [0.29, 0.717) is 50.6 Å². The van der Waals surface area contributed by atoms with Gasteiger partial charge in [0.2, 0.25) is 6.79 Å². The number of rotatable bonds is 9. The van der Waals surface area contributed by atoms with E-state index in [-0.39, 0.29) is 24.5 Å². The molecule has 0 fully saturated rings. The molecular weight excluding hydrogens is 599 g/mol. The van der Waals surface area contributed by atoms with E-state index in [1.54, 1.807) is 49.4 Å². The quantitative estimate of drug-likeness (QED) is 0.180. The number of halogens is 1. The van der Waals surface area contributed by atoms with Crippen molar-refractivity contribution in [3.05, 3.63) is 106 Å². The molecule has 0 unspecified atom stereocenters. The summed E-state index contributed by atoms with van der Waals surface area (Å²) in [6.07, 6.45) is 0.392. The summed E-state index contributed by atoms with van der Waals surface area (Å²) in [5.74, 6) is -1.04. The van der Waals surface area contributed by atoms with Crippen molar-refractivity contribution >= 4 is 45.1 Å². The number of anilines is 1. The van der Waals surface area contributed by atoms with Gasteiger partial charge in [0.05, 0.1) is 28.9 Å². The Balaban J connectivity index is 1.21. The number of hydrogen-bond acceptors (Lipinski definition) is 9. The molecule has 0 saturated heterocycles. The molecule has 0 radical (unpaired) electrons. The minimum atomic E-state index is -0.733. The fourth-order valence-electron chi connectivity index (χ4n) is 5.04. The van der Waals surface area contributed by atoms with Gasteiger partial charge in [0.15, 0.2) is 18.1 Å². The largest absolute Gasteiger partial charge is 0.462 e. The Morgan fingerprint density at radius 2 is 1.73 bits per heavy atom. The van der Waals surface area contributed by atoms with Gasteiger partial charge in [-0.25, -0.2) is 19.0 Å². The van der Waals surface area contributed by atoms with Crippen molar-refractivity contribution in [2.24, 2.45) is 0 Å². The number of nitrogens with zero attached hydrogens (tertiary/aromatic N) is 1. The first-order chi connectivity index (χ1) is 21.8. The number of carbonyl (C=O) groups excluding carboxylic acids is 3. The molecule has 3 aromatic carbocycles. The number of aromatic nitrogens is 1. The van der Waals surface area contributed by atoms with Crippen LogP contribution in [0.25, 0.3) is 22.2 Å². The van der Waals surface area contributed by atoms with Gasteiger partial charge in [-0.05, 0) is 79.9 Å². The lowest BCUT2D eigenvalue weighted by Gasteiger charge is -2.11. The van der Waals surface area contributed by atoms with Crippen LogP contribution in [0.2, 0.25) is 0 Å². The fourth-order valence-corrected chi connectivity index (χ4v) is 6.12. The number of para-hydroxylation sites is 1. The SMILES string of the molecule is CCOC(=O)c1c(NC(=O)COC(=O)c2cc(-c3ccc(F)cc3)nc3ccccc23)sc(C)c1Cc1ccc2c(c1)OCO2. The van der Waals surface area contributed by atoms with Crippen LogP contribution in [0.15, 0.2) is 72.8 Å². The Morgan fingerprint density at radius 3 is 2.53 bits per heavy atom. The lowest BCUT2D eigenvalue weighted by Crippen LogP contribution is -2.22. The van der Waals surface area contributed by atoms with Crippen LogP contribution in [0.1, 0.15) is 43.6 Å². The molecular formula is C34H27FN2O7S. The lowest BCUT2D eigenvalue weighted by molar-refractivity contribution is -0.119. The Morgan fingerprint density at radius 1 is 0.956 bits per heavy atom. The molecule has 0 bridgehead atoms. The third-order valence-electron chi connectivity index (χ3n) is 7.17. The Hall–Kier alpha value is -5.29.